The molecule has 0 aromatic heterocycles. The number of sulfone groups is 1. The van der Waals surface area contributed by atoms with Crippen LogP contribution in [0.4, 0.5) is 5.69 Å². The minimum atomic E-state index is -3.36. The summed E-state index contributed by atoms with van der Waals surface area (Å²) in [7, 11) is -3.36. The zero-order chi connectivity index (χ0) is 21.1. The molecule has 0 aliphatic carbocycles. The summed E-state index contributed by atoms with van der Waals surface area (Å²) in [5.41, 5.74) is 0.882. The third-order valence-corrected chi connectivity index (χ3v) is 6.24. The van der Waals surface area contributed by atoms with Crippen LogP contribution in [0.2, 0.25) is 0 Å². The molecule has 3 aromatic rings. The molecule has 0 spiro atoms. The second-order valence-electron chi connectivity index (χ2n) is 6.96. The van der Waals surface area contributed by atoms with Crippen LogP contribution in [-0.4, -0.2) is 38.7 Å². The first-order valence-corrected chi connectivity index (χ1v) is 11.1. The van der Waals surface area contributed by atoms with Gasteiger partial charge in [0.15, 0.2) is 16.4 Å². The lowest BCUT2D eigenvalue weighted by Crippen LogP contribution is -2.43. The van der Waals surface area contributed by atoms with Gasteiger partial charge in [-0.2, -0.15) is 0 Å². The molecule has 1 aliphatic heterocycles. The second kappa shape index (κ2) is 8.12. The van der Waals surface area contributed by atoms with Crippen molar-refractivity contribution in [1.82, 2.24) is 0 Å². The Morgan fingerprint density at radius 2 is 1.63 bits per heavy atom. The Morgan fingerprint density at radius 1 is 0.933 bits per heavy atom. The molecule has 30 heavy (non-hydrogen) atoms. The molecular weight excluding hydrogens is 402 g/mol. The maximum Gasteiger partial charge on any atom is 0.338 e. The number of amides is 1. The minimum absolute atomic E-state index is 0.202. The maximum absolute atomic E-state index is 12.9. The summed E-state index contributed by atoms with van der Waals surface area (Å²) in [4.78, 5) is 26.7. The van der Waals surface area contributed by atoms with Crippen LogP contribution in [0.25, 0.3) is 10.8 Å². The van der Waals surface area contributed by atoms with Gasteiger partial charge in [-0.05, 0) is 41.1 Å². The number of benzene rings is 3. The molecule has 152 valence electrons. The molecule has 6 nitrogen and oxygen atoms in total. The average molecular weight is 421 g/mol. The summed E-state index contributed by atoms with van der Waals surface area (Å²) in [5, 5.41) is 3.00. The van der Waals surface area contributed by atoms with E-state index < -0.39 is 34.4 Å². The fourth-order valence-corrected chi connectivity index (χ4v) is 4.69. The first kappa shape index (κ1) is 19.8. The average Bonchev–Trinajstić information content (AvgIpc) is 3.11. The molecule has 4 rings (SSSR count). The Hall–Kier alpha value is -3.45. The number of esters is 1. The number of para-hydroxylation sites is 1. The van der Waals surface area contributed by atoms with E-state index in [9.17, 15) is 18.0 Å². The van der Waals surface area contributed by atoms with Crippen LogP contribution in [0.15, 0.2) is 84.3 Å². The van der Waals surface area contributed by atoms with Crippen molar-refractivity contribution < 1.29 is 22.7 Å². The van der Waals surface area contributed by atoms with Gasteiger partial charge in [0.1, 0.15) is 0 Å². The fourth-order valence-electron chi connectivity index (χ4n) is 3.43. The number of nitrogens with zero attached hydrogens (tertiary/aromatic N) is 1. The first-order chi connectivity index (χ1) is 14.4. The van der Waals surface area contributed by atoms with Crippen molar-refractivity contribution in [1.29, 1.82) is 0 Å². The third-order valence-electron chi connectivity index (χ3n) is 4.86. The van der Waals surface area contributed by atoms with Crippen molar-refractivity contribution in [2.45, 2.75) is 6.04 Å². The summed E-state index contributed by atoms with van der Waals surface area (Å²) >= 11 is 0. The van der Waals surface area contributed by atoms with Crippen LogP contribution in [0, 0.1) is 0 Å². The largest absolute Gasteiger partial charge is 0.452 e. The van der Waals surface area contributed by atoms with E-state index in [0.717, 1.165) is 16.2 Å². The predicted molar refractivity (Wildman–Crippen MR) is 115 cm³/mol. The van der Waals surface area contributed by atoms with E-state index in [0.29, 0.717) is 11.3 Å². The van der Waals surface area contributed by atoms with Gasteiger partial charge in [-0.1, -0.05) is 48.5 Å². The van der Waals surface area contributed by atoms with E-state index in [2.05, 4.69) is 0 Å². The van der Waals surface area contributed by atoms with Crippen LogP contribution >= 0.6 is 0 Å². The topological polar surface area (TPSA) is 80.8 Å². The van der Waals surface area contributed by atoms with Crippen molar-refractivity contribution in [3.63, 3.8) is 0 Å². The molecule has 1 unspecified atom stereocenters. The lowest BCUT2D eigenvalue weighted by atomic mass is 10.1. The molecule has 0 bridgehead atoms. The van der Waals surface area contributed by atoms with E-state index in [1.807, 2.05) is 30.3 Å². The van der Waals surface area contributed by atoms with Gasteiger partial charge in [0.2, 0.25) is 0 Å². The van der Waals surface area contributed by atoms with Crippen molar-refractivity contribution in [2.24, 2.45) is 0 Å². The molecule has 1 aliphatic rings. The van der Waals surface area contributed by atoms with Gasteiger partial charge < -0.3 is 9.64 Å². The van der Waals surface area contributed by atoms with Crippen LogP contribution < -0.4 is 4.90 Å². The monoisotopic (exact) mass is 421 g/mol. The number of hydrogen-bond donors (Lipinski definition) is 0. The van der Waals surface area contributed by atoms with E-state index in [1.165, 1.54) is 11.0 Å². The van der Waals surface area contributed by atoms with Crippen molar-refractivity contribution in [3.8, 4) is 0 Å². The van der Waals surface area contributed by atoms with Gasteiger partial charge in [0.05, 0.1) is 17.4 Å². The number of carbonyl (C=O) groups is 2. The summed E-state index contributed by atoms with van der Waals surface area (Å²) in [5.74, 6) is -1.31. The Balaban J connectivity index is 1.51. The lowest BCUT2D eigenvalue weighted by Gasteiger charge is -2.27. The number of hydrogen-bond acceptors (Lipinski definition) is 5. The summed E-state index contributed by atoms with van der Waals surface area (Å²) in [6.45, 7) is -0.495. The van der Waals surface area contributed by atoms with Gasteiger partial charge in [0, 0.05) is 11.1 Å². The normalized spacial score (nSPS) is 17.0. The summed E-state index contributed by atoms with van der Waals surface area (Å²) in [6.07, 6.45) is 1.48. The number of ether oxygens (including phenoxy) is 1. The predicted octanol–water partition coefficient (Wildman–Crippen LogP) is 3.34. The Morgan fingerprint density at radius 3 is 2.33 bits per heavy atom. The zero-order valence-electron chi connectivity index (χ0n) is 16.0. The molecule has 0 N–H and O–H groups in total. The molecule has 0 saturated carbocycles. The molecular formula is C23H19NO5S. The molecule has 1 heterocycles. The molecule has 3 aromatic carbocycles. The molecule has 0 fully saturated rings. The van der Waals surface area contributed by atoms with E-state index in [4.69, 9.17) is 4.74 Å². The van der Waals surface area contributed by atoms with Crippen LogP contribution in [0.3, 0.4) is 0 Å². The quantitative estimate of drug-likeness (QED) is 0.590. The first-order valence-electron chi connectivity index (χ1n) is 9.37. The smallest absolute Gasteiger partial charge is 0.338 e. The van der Waals surface area contributed by atoms with Gasteiger partial charge in [-0.15, -0.1) is 0 Å². The van der Waals surface area contributed by atoms with Gasteiger partial charge >= 0.3 is 5.97 Å². The van der Waals surface area contributed by atoms with Crippen LogP contribution in [-0.2, 0) is 19.4 Å². The van der Waals surface area contributed by atoms with E-state index >= 15 is 0 Å². The highest BCUT2D eigenvalue weighted by Gasteiger charge is 2.31. The van der Waals surface area contributed by atoms with Gasteiger partial charge in [-0.3, -0.25) is 4.79 Å². The number of rotatable bonds is 5. The number of fused-ring (bicyclic) bond motifs is 1. The van der Waals surface area contributed by atoms with Crippen molar-refractivity contribution in [2.75, 3.05) is 17.3 Å². The number of anilines is 1. The summed E-state index contributed by atoms with van der Waals surface area (Å²) < 4.78 is 28.9. The van der Waals surface area contributed by atoms with E-state index in [1.54, 1.807) is 42.5 Å². The molecule has 1 amide bonds. The zero-order valence-corrected chi connectivity index (χ0v) is 16.8. The molecule has 0 radical (unpaired) electrons. The minimum Gasteiger partial charge on any atom is -0.452 e. The van der Waals surface area contributed by atoms with Crippen LogP contribution in [0.5, 0.6) is 0 Å². The van der Waals surface area contributed by atoms with Crippen molar-refractivity contribution >= 4 is 38.2 Å². The lowest BCUT2D eigenvalue weighted by molar-refractivity contribution is -0.121. The maximum atomic E-state index is 12.9. The fraction of sp³-hybridized carbons (Fsp3) is 0.130. The van der Waals surface area contributed by atoms with Gasteiger partial charge in [-0.25, -0.2) is 13.2 Å². The standard InChI is InChI=1S/C23H19NO5S/c25-22(15-29-23(26)19-11-10-17-6-4-5-7-18(17)14-19)24(20-8-2-1-3-9-20)21-12-13-30(27,28)16-21/h1-14,21H,15-16H2. The molecule has 1 atom stereocenters. The molecule has 0 saturated heterocycles. The molecule has 7 heteroatoms. The van der Waals surface area contributed by atoms with Crippen molar-refractivity contribution in [3.05, 3.63) is 89.8 Å². The SMILES string of the molecule is O=C(OCC(=O)N(c1ccccc1)C1C=CS(=O)(=O)C1)c1ccc2ccccc2c1. The highest BCUT2D eigenvalue weighted by Crippen LogP contribution is 2.23. The van der Waals surface area contributed by atoms with E-state index in [-0.39, 0.29) is 5.75 Å². The Bertz CT molecular complexity index is 1230. The third kappa shape index (κ3) is 4.26. The highest BCUT2D eigenvalue weighted by molar-refractivity contribution is 7.94. The number of carbonyl (C=O) groups excluding carboxylic acids is 2. The Kier molecular flexibility index (Phi) is 5.37. The van der Waals surface area contributed by atoms with Crippen LogP contribution in [0.1, 0.15) is 10.4 Å². The Labute approximate surface area is 174 Å². The second-order valence-corrected chi connectivity index (χ2v) is 8.89. The van der Waals surface area contributed by atoms with Gasteiger partial charge in [0.25, 0.3) is 5.91 Å². The summed E-state index contributed by atoms with van der Waals surface area (Å²) in [6, 6.07) is 20.9. The highest BCUT2D eigenvalue weighted by atomic mass is 32.2.